The van der Waals surface area contributed by atoms with E-state index < -0.39 is 7.12 Å². The number of aryl methyl sites for hydroxylation is 1. The predicted octanol–water partition coefficient (Wildman–Crippen LogP) is 1.91. The van der Waals surface area contributed by atoms with Gasteiger partial charge in [-0.1, -0.05) is 12.1 Å². The van der Waals surface area contributed by atoms with E-state index in [2.05, 4.69) is 4.98 Å². The van der Waals surface area contributed by atoms with Crippen LogP contribution in [0.2, 0.25) is 0 Å². The van der Waals surface area contributed by atoms with Gasteiger partial charge in [0.1, 0.15) is 0 Å². The molecule has 0 atom stereocenters. The van der Waals surface area contributed by atoms with Gasteiger partial charge in [0.2, 0.25) is 0 Å². The zero-order valence-corrected chi connectivity index (χ0v) is 12.6. The first-order valence-corrected chi connectivity index (χ1v) is 6.66. The van der Waals surface area contributed by atoms with Crippen molar-refractivity contribution in [2.24, 2.45) is 0 Å². The van der Waals surface area contributed by atoms with Crippen molar-refractivity contribution in [3.8, 4) is 0 Å². The van der Waals surface area contributed by atoms with Crippen molar-refractivity contribution in [2.45, 2.75) is 45.8 Å². The predicted molar refractivity (Wildman–Crippen MR) is 81.3 cm³/mol. The zero-order chi connectivity index (χ0) is 15.1. The molecule has 2 heterocycles. The van der Waals surface area contributed by atoms with E-state index in [1.165, 1.54) is 0 Å². The number of aromatic amines is 1. The lowest BCUT2D eigenvalue weighted by Gasteiger charge is -2.32. The molecule has 3 N–H and O–H groups in total. The third-order valence-corrected chi connectivity index (χ3v) is 4.01. The molecule has 2 rings (SSSR count). The Labute approximate surface area is 119 Å². The van der Waals surface area contributed by atoms with E-state index in [9.17, 15) is 4.79 Å². The Bertz CT molecular complexity index is 589. The van der Waals surface area contributed by atoms with E-state index in [-0.39, 0.29) is 22.4 Å². The molecule has 1 aromatic rings. The maximum absolute atomic E-state index is 11.4. The largest absolute Gasteiger partial charge is 0.487 e. The van der Waals surface area contributed by atoms with Crippen LogP contribution in [0, 0.1) is 6.92 Å². The molecule has 0 aliphatic carbocycles. The summed E-state index contributed by atoms with van der Waals surface area (Å²) in [5.74, 6) is 1.83. The maximum atomic E-state index is 11.4. The summed E-state index contributed by atoms with van der Waals surface area (Å²) in [4.78, 5) is 14.1. The van der Waals surface area contributed by atoms with Crippen LogP contribution >= 0.6 is 0 Å². The van der Waals surface area contributed by atoms with Crippen LogP contribution in [0.5, 0.6) is 0 Å². The van der Waals surface area contributed by atoms with Crippen molar-refractivity contribution in [1.82, 2.24) is 4.98 Å². The van der Waals surface area contributed by atoms with Gasteiger partial charge in [-0.15, -0.1) is 0 Å². The lowest BCUT2D eigenvalue weighted by atomic mass is 9.89. The Hall–Kier alpha value is -1.53. The number of nitrogen functional groups attached to an aromatic ring is 1. The van der Waals surface area contributed by atoms with E-state index in [0.29, 0.717) is 0 Å². The fraction of sp³-hybridized carbons (Fsp3) is 0.500. The van der Waals surface area contributed by atoms with Crippen LogP contribution in [0.25, 0.3) is 6.08 Å². The SMILES string of the molecule is Cc1[nH]c(=O)c(N)cc1/C=C/B1OC(C)(C)C(C)(C)O1. The van der Waals surface area contributed by atoms with Gasteiger partial charge in [0.15, 0.2) is 0 Å². The van der Waals surface area contributed by atoms with Crippen LogP contribution in [0.4, 0.5) is 5.69 Å². The first kappa shape index (κ1) is 14.9. The molecule has 5 nitrogen and oxygen atoms in total. The van der Waals surface area contributed by atoms with Crippen molar-refractivity contribution < 1.29 is 9.31 Å². The summed E-state index contributed by atoms with van der Waals surface area (Å²) in [5.41, 5.74) is 6.43. The number of H-pyrrole nitrogens is 1. The lowest BCUT2D eigenvalue weighted by molar-refractivity contribution is 0.00578. The Morgan fingerprint density at radius 1 is 1.25 bits per heavy atom. The first-order valence-electron chi connectivity index (χ1n) is 6.66. The number of pyridine rings is 1. The van der Waals surface area contributed by atoms with E-state index in [1.807, 2.05) is 46.7 Å². The number of nitrogens with two attached hydrogens (primary N) is 1. The smallest absolute Gasteiger partial charge is 0.400 e. The van der Waals surface area contributed by atoms with Crippen molar-refractivity contribution in [2.75, 3.05) is 5.73 Å². The molecule has 0 aromatic carbocycles. The zero-order valence-electron chi connectivity index (χ0n) is 12.6. The van der Waals surface area contributed by atoms with Crippen LogP contribution in [0.15, 0.2) is 16.8 Å². The molecule has 1 aromatic heterocycles. The van der Waals surface area contributed by atoms with Gasteiger partial charge < -0.3 is 20.0 Å². The fourth-order valence-corrected chi connectivity index (χ4v) is 1.98. The third kappa shape index (κ3) is 2.67. The van der Waals surface area contributed by atoms with Crippen LogP contribution < -0.4 is 11.3 Å². The van der Waals surface area contributed by atoms with E-state index in [4.69, 9.17) is 15.0 Å². The number of hydrogen-bond donors (Lipinski definition) is 2. The van der Waals surface area contributed by atoms with Crippen molar-refractivity contribution >= 4 is 18.9 Å². The standard InChI is InChI=1S/C14H21BN2O3/c1-9-10(8-11(16)12(18)17-9)6-7-15-19-13(2,3)14(4,5)20-15/h6-8H,16H2,1-5H3,(H,17,18)/b7-6+. The number of hydrogen-bond acceptors (Lipinski definition) is 4. The molecule has 6 heteroatoms. The summed E-state index contributed by atoms with van der Waals surface area (Å²) in [6.45, 7) is 9.84. The van der Waals surface area contributed by atoms with Gasteiger partial charge in [-0.05, 0) is 46.2 Å². The highest BCUT2D eigenvalue weighted by molar-refractivity contribution is 6.52. The van der Waals surface area contributed by atoms with Gasteiger partial charge in [-0.3, -0.25) is 4.79 Å². The quantitative estimate of drug-likeness (QED) is 0.809. The molecule has 1 aliphatic rings. The third-order valence-electron chi connectivity index (χ3n) is 4.01. The minimum Gasteiger partial charge on any atom is -0.400 e. The minimum atomic E-state index is -0.410. The molecular weight excluding hydrogens is 255 g/mol. The molecule has 108 valence electrons. The topological polar surface area (TPSA) is 77.3 Å². The number of nitrogens with one attached hydrogen (secondary N) is 1. The van der Waals surface area contributed by atoms with E-state index in [0.717, 1.165) is 11.3 Å². The normalized spacial score (nSPS) is 20.8. The number of aromatic nitrogens is 1. The van der Waals surface area contributed by atoms with Crippen molar-refractivity contribution in [3.05, 3.63) is 33.7 Å². The summed E-state index contributed by atoms with van der Waals surface area (Å²) in [6.07, 6.45) is 1.85. The van der Waals surface area contributed by atoms with Crippen LogP contribution in [-0.4, -0.2) is 23.3 Å². The van der Waals surface area contributed by atoms with Gasteiger partial charge >= 0.3 is 7.12 Å². The Morgan fingerprint density at radius 2 is 1.80 bits per heavy atom. The van der Waals surface area contributed by atoms with Crippen molar-refractivity contribution in [3.63, 3.8) is 0 Å². The highest BCUT2D eigenvalue weighted by Crippen LogP contribution is 2.37. The highest BCUT2D eigenvalue weighted by Gasteiger charge is 2.49. The van der Waals surface area contributed by atoms with Crippen LogP contribution in [-0.2, 0) is 9.31 Å². The summed E-state index contributed by atoms with van der Waals surface area (Å²) >= 11 is 0. The van der Waals surface area contributed by atoms with Gasteiger partial charge in [0, 0.05) is 5.69 Å². The average Bonchev–Trinajstić information content (AvgIpc) is 2.51. The number of rotatable bonds is 2. The van der Waals surface area contributed by atoms with Crippen LogP contribution in [0.1, 0.15) is 39.0 Å². The molecule has 0 radical (unpaired) electrons. The Kier molecular flexibility index (Phi) is 3.56. The summed E-state index contributed by atoms with van der Waals surface area (Å²) in [7, 11) is -0.410. The molecule has 0 unspecified atom stereocenters. The number of anilines is 1. The second-order valence-electron chi connectivity index (χ2n) is 6.12. The molecule has 1 aliphatic heterocycles. The molecule has 20 heavy (non-hydrogen) atoms. The average molecular weight is 276 g/mol. The Morgan fingerprint density at radius 3 is 2.35 bits per heavy atom. The van der Waals surface area contributed by atoms with E-state index in [1.54, 1.807) is 6.07 Å². The van der Waals surface area contributed by atoms with Gasteiger partial charge in [0.25, 0.3) is 5.56 Å². The fourth-order valence-electron chi connectivity index (χ4n) is 1.98. The van der Waals surface area contributed by atoms with E-state index >= 15 is 0 Å². The molecule has 0 spiro atoms. The molecule has 1 fully saturated rings. The van der Waals surface area contributed by atoms with Crippen molar-refractivity contribution in [1.29, 1.82) is 0 Å². The first-order chi connectivity index (χ1) is 9.12. The summed E-state index contributed by atoms with van der Waals surface area (Å²) in [6, 6.07) is 1.65. The maximum Gasteiger partial charge on any atom is 0.487 e. The molecule has 0 amide bonds. The summed E-state index contributed by atoms with van der Waals surface area (Å²) < 4.78 is 11.7. The van der Waals surface area contributed by atoms with Gasteiger partial charge in [-0.25, -0.2) is 0 Å². The van der Waals surface area contributed by atoms with Crippen LogP contribution in [0.3, 0.4) is 0 Å². The second kappa shape index (κ2) is 4.79. The summed E-state index contributed by atoms with van der Waals surface area (Å²) in [5, 5.41) is 0. The van der Waals surface area contributed by atoms with Gasteiger partial charge in [-0.2, -0.15) is 0 Å². The second-order valence-corrected chi connectivity index (χ2v) is 6.12. The lowest BCUT2D eigenvalue weighted by Crippen LogP contribution is -2.41. The molecular formula is C14H21BN2O3. The molecule has 0 saturated carbocycles. The monoisotopic (exact) mass is 276 g/mol. The minimum absolute atomic E-state index is 0.198. The Balaban J connectivity index is 2.20. The highest BCUT2D eigenvalue weighted by atomic mass is 16.7. The van der Waals surface area contributed by atoms with Gasteiger partial charge in [0.05, 0.1) is 16.9 Å². The molecule has 0 bridgehead atoms. The molecule has 1 saturated heterocycles.